The Hall–Kier alpha value is -3.28. The van der Waals surface area contributed by atoms with Crippen LogP contribution in [0.2, 0.25) is 0 Å². The largest absolute Gasteiger partial charge is 0.497 e. The van der Waals surface area contributed by atoms with Crippen LogP contribution in [0.1, 0.15) is 0 Å². The lowest BCUT2D eigenvalue weighted by Gasteiger charge is -2.25. The SMILES string of the molecule is COc1ccc(Nc2ccc(-c3nn(CN4CCOCC4)c(=S)o3)cc2[N+](=O)[O-])cc1. The predicted molar refractivity (Wildman–Crippen MR) is 116 cm³/mol. The Morgan fingerprint density at radius 2 is 1.97 bits per heavy atom. The Kier molecular flexibility index (Phi) is 6.26. The highest BCUT2D eigenvalue weighted by molar-refractivity contribution is 7.71. The Morgan fingerprint density at radius 1 is 1.23 bits per heavy atom. The van der Waals surface area contributed by atoms with Gasteiger partial charge in [-0.3, -0.25) is 15.0 Å². The van der Waals surface area contributed by atoms with E-state index in [0.717, 1.165) is 13.1 Å². The number of nitro groups is 1. The van der Waals surface area contributed by atoms with Crippen molar-refractivity contribution >= 4 is 29.3 Å². The molecule has 0 saturated carbocycles. The van der Waals surface area contributed by atoms with Crippen molar-refractivity contribution in [3.8, 4) is 17.2 Å². The summed E-state index contributed by atoms with van der Waals surface area (Å²) < 4.78 is 17.7. The number of nitrogens with one attached hydrogen (secondary N) is 1. The van der Waals surface area contributed by atoms with E-state index in [1.165, 1.54) is 6.07 Å². The van der Waals surface area contributed by atoms with Gasteiger partial charge in [-0.2, -0.15) is 0 Å². The highest BCUT2D eigenvalue weighted by Crippen LogP contribution is 2.32. The zero-order chi connectivity index (χ0) is 21.8. The van der Waals surface area contributed by atoms with E-state index in [2.05, 4.69) is 15.3 Å². The van der Waals surface area contributed by atoms with Gasteiger partial charge >= 0.3 is 0 Å². The number of rotatable bonds is 7. The summed E-state index contributed by atoms with van der Waals surface area (Å²) in [6.45, 7) is 3.35. The molecular formula is C20H21N5O5S. The lowest BCUT2D eigenvalue weighted by molar-refractivity contribution is -0.383. The maximum Gasteiger partial charge on any atom is 0.293 e. The molecular weight excluding hydrogens is 422 g/mol. The van der Waals surface area contributed by atoms with Gasteiger partial charge in [-0.15, -0.1) is 5.10 Å². The topological polar surface area (TPSA) is 108 Å². The molecule has 1 aliphatic heterocycles. The van der Waals surface area contributed by atoms with Gasteiger partial charge in [-0.25, -0.2) is 4.68 Å². The molecule has 162 valence electrons. The molecule has 1 aliphatic rings. The monoisotopic (exact) mass is 443 g/mol. The Balaban J connectivity index is 1.58. The summed E-state index contributed by atoms with van der Waals surface area (Å²) in [5.74, 6) is 0.932. The standard InChI is InChI=1S/C20H21N5O5S/c1-28-16-5-3-15(4-6-16)21-17-7-2-14(12-18(17)25(26)27)19-22-24(20(31)30-19)13-23-8-10-29-11-9-23/h2-7,12,21H,8-11,13H2,1H3. The first kappa shape index (κ1) is 21.0. The number of ether oxygens (including phenoxy) is 2. The fraction of sp³-hybridized carbons (Fsp3) is 0.300. The molecule has 2 heterocycles. The van der Waals surface area contributed by atoms with Gasteiger partial charge in [0.15, 0.2) is 0 Å². The number of nitrogens with zero attached hydrogens (tertiary/aromatic N) is 4. The van der Waals surface area contributed by atoms with E-state index in [-0.39, 0.29) is 16.4 Å². The van der Waals surface area contributed by atoms with Crippen LogP contribution in [0.5, 0.6) is 5.75 Å². The quantitative estimate of drug-likeness (QED) is 0.331. The van der Waals surface area contributed by atoms with Crippen LogP contribution in [0.25, 0.3) is 11.5 Å². The second-order valence-corrected chi connectivity index (χ2v) is 7.24. The van der Waals surface area contributed by atoms with E-state index in [1.807, 2.05) is 0 Å². The van der Waals surface area contributed by atoms with Crippen LogP contribution in [-0.2, 0) is 11.4 Å². The summed E-state index contributed by atoms with van der Waals surface area (Å²) in [6.07, 6.45) is 0. The summed E-state index contributed by atoms with van der Waals surface area (Å²) >= 11 is 5.28. The number of anilines is 2. The number of benzene rings is 2. The molecule has 31 heavy (non-hydrogen) atoms. The zero-order valence-electron chi connectivity index (χ0n) is 16.8. The van der Waals surface area contributed by atoms with E-state index in [4.69, 9.17) is 26.1 Å². The molecule has 1 saturated heterocycles. The van der Waals surface area contributed by atoms with Crippen molar-refractivity contribution in [2.45, 2.75) is 6.67 Å². The summed E-state index contributed by atoms with van der Waals surface area (Å²) in [4.78, 5) is 13.6. The number of nitro benzene ring substituents is 1. The molecule has 3 aromatic rings. The second-order valence-electron chi connectivity index (χ2n) is 6.89. The van der Waals surface area contributed by atoms with Crippen LogP contribution in [0, 0.1) is 15.0 Å². The third-order valence-electron chi connectivity index (χ3n) is 4.85. The Morgan fingerprint density at radius 3 is 2.65 bits per heavy atom. The van der Waals surface area contributed by atoms with Crippen molar-refractivity contribution in [1.82, 2.24) is 14.7 Å². The molecule has 0 spiro atoms. The van der Waals surface area contributed by atoms with Crippen LogP contribution < -0.4 is 10.1 Å². The van der Waals surface area contributed by atoms with Gasteiger partial charge in [0.05, 0.1) is 31.9 Å². The van der Waals surface area contributed by atoms with Gasteiger partial charge < -0.3 is 19.2 Å². The minimum Gasteiger partial charge on any atom is -0.497 e. The van der Waals surface area contributed by atoms with E-state index >= 15 is 0 Å². The molecule has 10 nitrogen and oxygen atoms in total. The van der Waals surface area contributed by atoms with Crippen molar-refractivity contribution in [1.29, 1.82) is 0 Å². The molecule has 0 aliphatic carbocycles. The Bertz CT molecular complexity index is 1120. The van der Waals surface area contributed by atoms with Crippen molar-refractivity contribution < 1.29 is 18.8 Å². The molecule has 1 aromatic heterocycles. The first-order chi connectivity index (χ1) is 15.0. The summed E-state index contributed by atoms with van der Waals surface area (Å²) in [5.41, 5.74) is 1.42. The molecule has 0 bridgehead atoms. The number of hydrogen-bond acceptors (Lipinski definition) is 9. The van der Waals surface area contributed by atoms with E-state index in [9.17, 15) is 10.1 Å². The zero-order valence-corrected chi connectivity index (χ0v) is 17.6. The number of hydrogen-bond donors (Lipinski definition) is 1. The number of morpholine rings is 1. The second kappa shape index (κ2) is 9.25. The van der Waals surface area contributed by atoms with Gasteiger partial charge in [-0.05, 0) is 48.6 Å². The van der Waals surface area contributed by atoms with Crippen molar-refractivity contribution in [2.75, 3.05) is 38.7 Å². The van der Waals surface area contributed by atoms with E-state index in [1.54, 1.807) is 48.2 Å². The van der Waals surface area contributed by atoms with Gasteiger partial charge in [0.2, 0.25) is 5.89 Å². The van der Waals surface area contributed by atoms with Gasteiger partial charge in [-0.1, -0.05) is 0 Å². The fourth-order valence-corrected chi connectivity index (χ4v) is 3.37. The lowest BCUT2D eigenvalue weighted by atomic mass is 10.1. The minimum absolute atomic E-state index is 0.0998. The third-order valence-corrected chi connectivity index (χ3v) is 5.15. The average Bonchev–Trinajstić information content (AvgIpc) is 3.15. The first-order valence-electron chi connectivity index (χ1n) is 9.61. The fourth-order valence-electron chi connectivity index (χ4n) is 3.20. The third kappa shape index (κ3) is 4.90. The average molecular weight is 443 g/mol. The highest BCUT2D eigenvalue weighted by Gasteiger charge is 2.19. The first-order valence-corrected chi connectivity index (χ1v) is 10.0. The Labute approximate surface area is 183 Å². The van der Waals surface area contributed by atoms with Gasteiger partial charge in [0, 0.05) is 30.4 Å². The van der Waals surface area contributed by atoms with Crippen molar-refractivity contribution in [3.63, 3.8) is 0 Å². The van der Waals surface area contributed by atoms with Crippen molar-refractivity contribution in [3.05, 3.63) is 57.4 Å². The van der Waals surface area contributed by atoms with Crippen LogP contribution in [0.3, 0.4) is 0 Å². The normalized spacial score (nSPS) is 14.4. The van der Waals surface area contributed by atoms with Gasteiger partial charge in [0.25, 0.3) is 10.5 Å². The molecule has 1 fully saturated rings. The maximum absolute atomic E-state index is 11.7. The van der Waals surface area contributed by atoms with Gasteiger partial charge in [0.1, 0.15) is 11.4 Å². The van der Waals surface area contributed by atoms with E-state index < -0.39 is 4.92 Å². The minimum atomic E-state index is -0.450. The maximum atomic E-state index is 11.7. The number of aromatic nitrogens is 2. The van der Waals surface area contributed by atoms with Crippen LogP contribution in [0.15, 0.2) is 46.9 Å². The summed E-state index contributed by atoms with van der Waals surface area (Å²) in [7, 11) is 1.58. The molecule has 0 amide bonds. The predicted octanol–water partition coefficient (Wildman–Crippen LogP) is 3.82. The molecule has 0 atom stereocenters. The highest BCUT2D eigenvalue weighted by atomic mass is 32.1. The molecule has 0 unspecified atom stereocenters. The molecule has 4 rings (SSSR count). The molecule has 11 heteroatoms. The molecule has 2 aromatic carbocycles. The summed E-state index contributed by atoms with van der Waals surface area (Å²) in [5, 5.41) is 19.2. The van der Waals surface area contributed by atoms with Crippen molar-refractivity contribution in [2.24, 2.45) is 0 Å². The van der Waals surface area contributed by atoms with Crippen LogP contribution in [-0.4, -0.2) is 53.0 Å². The smallest absolute Gasteiger partial charge is 0.293 e. The molecule has 0 radical (unpaired) electrons. The summed E-state index contributed by atoms with van der Waals surface area (Å²) in [6, 6.07) is 11.9. The lowest BCUT2D eigenvalue weighted by Crippen LogP contribution is -2.37. The van der Waals surface area contributed by atoms with Crippen LogP contribution in [0.4, 0.5) is 17.1 Å². The number of methoxy groups -OCH3 is 1. The van der Waals surface area contributed by atoms with E-state index in [0.29, 0.717) is 42.6 Å². The molecule has 1 N–H and O–H groups in total. The van der Waals surface area contributed by atoms with Crippen LogP contribution >= 0.6 is 12.2 Å².